The minimum absolute atomic E-state index is 0. The fourth-order valence-electron chi connectivity index (χ4n) is 2.75. The number of anilines is 2. The predicted octanol–water partition coefficient (Wildman–Crippen LogP) is 1.86. The second kappa shape index (κ2) is 10.9. The smallest absolute Gasteiger partial charge is 0.319 e. The van der Waals surface area contributed by atoms with E-state index in [9.17, 15) is 4.79 Å². The van der Waals surface area contributed by atoms with Gasteiger partial charge in [0.25, 0.3) is 0 Å². The third kappa shape index (κ3) is 6.43. The van der Waals surface area contributed by atoms with Crippen LogP contribution < -0.4 is 27.9 Å². The summed E-state index contributed by atoms with van der Waals surface area (Å²) in [5.74, 6) is 0. The second-order valence-electron chi connectivity index (χ2n) is 5.93. The highest BCUT2D eigenvalue weighted by Crippen LogP contribution is 2.22. The highest BCUT2D eigenvalue weighted by Gasteiger charge is 2.07. The average molecular weight is 395 g/mol. The second-order valence-corrected chi connectivity index (χ2v) is 6.37. The van der Waals surface area contributed by atoms with E-state index < -0.39 is 0 Å². The first-order chi connectivity index (χ1) is 12.0. The molecule has 0 aliphatic heterocycles. The van der Waals surface area contributed by atoms with E-state index in [1.807, 2.05) is 43.3 Å². The lowest BCUT2D eigenvalue weighted by Crippen LogP contribution is -3.00. The first kappa shape index (κ1) is 22.1. The molecule has 0 aliphatic rings. The van der Waals surface area contributed by atoms with E-state index in [-0.39, 0.29) is 18.4 Å². The van der Waals surface area contributed by atoms with Gasteiger partial charge in [0.2, 0.25) is 0 Å². The summed E-state index contributed by atoms with van der Waals surface area (Å²) < 4.78 is 0. The highest BCUT2D eigenvalue weighted by molar-refractivity contribution is 6.30. The average Bonchev–Trinajstić information content (AvgIpc) is 2.58. The van der Waals surface area contributed by atoms with Gasteiger partial charge in [0, 0.05) is 36.0 Å². The largest absolute Gasteiger partial charge is 1.00 e. The van der Waals surface area contributed by atoms with Crippen LogP contribution in [0.25, 0.3) is 0 Å². The third-order valence-corrected chi connectivity index (χ3v) is 4.41. The molecule has 0 atom stereocenters. The van der Waals surface area contributed by atoms with Crippen molar-refractivity contribution in [1.82, 2.24) is 5.32 Å². The zero-order chi connectivity index (χ0) is 18.2. The Kier molecular flexibility index (Phi) is 9.31. The molecule has 0 heterocycles. The fraction of sp³-hybridized carbons (Fsp3) is 0.350. The Morgan fingerprint density at radius 1 is 1.12 bits per heavy atom. The van der Waals surface area contributed by atoms with E-state index in [0.717, 1.165) is 36.3 Å². The van der Waals surface area contributed by atoms with Gasteiger partial charge in [0.05, 0.1) is 0 Å². The van der Waals surface area contributed by atoms with Crippen LogP contribution in [0.15, 0.2) is 42.5 Å². The number of urea groups is 1. The molecule has 26 heavy (non-hydrogen) atoms. The zero-order valence-corrected chi connectivity index (χ0v) is 17.0. The van der Waals surface area contributed by atoms with Gasteiger partial charge in [-0.3, -0.25) is 0 Å². The van der Waals surface area contributed by atoms with Crippen molar-refractivity contribution < 1.29 is 17.2 Å². The summed E-state index contributed by atoms with van der Waals surface area (Å²) in [5.41, 5.74) is 4.16. The van der Waals surface area contributed by atoms with Crippen LogP contribution in [0.5, 0.6) is 0 Å². The molecule has 2 aromatic rings. The normalized spacial score (nSPS) is 10.0. The Morgan fingerprint density at radius 2 is 1.85 bits per heavy atom. The number of carbonyl (C=O) groups is 1. The monoisotopic (exact) mass is 394 g/mol. The maximum Gasteiger partial charge on any atom is 0.319 e. The molecule has 0 bridgehead atoms. The Labute approximate surface area is 167 Å². The minimum atomic E-state index is -0.194. The minimum Gasteiger partial charge on any atom is -1.00 e. The molecule has 4 nitrogen and oxygen atoms in total. The van der Waals surface area contributed by atoms with E-state index >= 15 is 0 Å². The molecule has 2 rings (SSSR count). The van der Waals surface area contributed by atoms with Crippen LogP contribution in [0.2, 0.25) is 5.02 Å². The number of carbonyl (C=O) groups excluding carboxylic acids is 1. The van der Waals surface area contributed by atoms with Crippen molar-refractivity contribution in [2.45, 2.75) is 27.2 Å². The number of amides is 2. The van der Waals surface area contributed by atoms with E-state index in [1.54, 1.807) is 0 Å². The first-order valence-corrected chi connectivity index (χ1v) is 9.06. The maximum absolute atomic E-state index is 12.1. The van der Waals surface area contributed by atoms with Crippen LogP contribution in [0.4, 0.5) is 16.2 Å². The zero-order valence-electron chi connectivity index (χ0n) is 15.5. The summed E-state index contributed by atoms with van der Waals surface area (Å²) in [4.78, 5) is 14.4. The van der Waals surface area contributed by atoms with Gasteiger partial charge in [-0.15, -0.1) is 0 Å². The van der Waals surface area contributed by atoms with Crippen molar-refractivity contribution in [2.24, 2.45) is 0 Å². The molecule has 2 amide bonds. The molecule has 2 N–H and O–H groups in total. The van der Waals surface area contributed by atoms with Crippen LogP contribution in [-0.4, -0.2) is 25.7 Å². The molecule has 0 saturated heterocycles. The van der Waals surface area contributed by atoms with Crippen LogP contribution in [0.1, 0.15) is 25.0 Å². The van der Waals surface area contributed by atoms with Gasteiger partial charge in [-0.1, -0.05) is 23.7 Å². The lowest BCUT2D eigenvalue weighted by Gasteiger charge is -2.22. The molecule has 0 fully saturated rings. The molecular weight excluding hydrogens is 369 g/mol. The van der Waals surface area contributed by atoms with Crippen molar-refractivity contribution in [2.75, 3.05) is 29.9 Å². The highest BCUT2D eigenvalue weighted by atomic mass is 35.5. The summed E-state index contributed by atoms with van der Waals surface area (Å²) in [5, 5.41) is 6.51. The van der Waals surface area contributed by atoms with Crippen molar-refractivity contribution in [1.29, 1.82) is 0 Å². The number of rotatable bonds is 7. The van der Waals surface area contributed by atoms with Gasteiger partial charge in [0.15, 0.2) is 0 Å². The molecular formula is C20H26Cl2N3O-. The molecule has 0 unspecified atom stereocenters. The Hall–Kier alpha value is -1.91. The molecule has 0 spiro atoms. The van der Waals surface area contributed by atoms with Crippen molar-refractivity contribution in [3.8, 4) is 0 Å². The van der Waals surface area contributed by atoms with E-state index in [4.69, 9.17) is 11.6 Å². The van der Waals surface area contributed by atoms with Gasteiger partial charge in [-0.2, -0.15) is 0 Å². The first-order valence-electron chi connectivity index (χ1n) is 8.68. The number of halogens is 2. The topological polar surface area (TPSA) is 44.4 Å². The van der Waals surface area contributed by atoms with E-state index in [1.165, 1.54) is 5.69 Å². The molecule has 0 aliphatic carbocycles. The van der Waals surface area contributed by atoms with Crippen LogP contribution in [0.3, 0.4) is 0 Å². The van der Waals surface area contributed by atoms with Crippen LogP contribution in [-0.2, 0) is 6.42 Å². The summed E-state index contributed by atoms with van der Waals surface area (Å²) in [6.07, 6.45) is 0.744. The summed E-state index contributed by atoms with van der Waals surface area (Å²) in [6.45, 7) is 8.77. The molecule has 0 aromatic heterocycles. The van der Waals surface area contributed by atoms with E-state index in [2.05, 4.69) is 35.4 Å². The maximum atomic E-state index is 12.1. The van der Waals surface area contributed by atoms with E-state index in [0.29, 0.717) is 11.6 Å². The Morgan fingerprint density at radius 3 is 2.46 bits per heavy atom. The third-order valence-electron chi connectivity index (χ3n) is 4.18. The molecule has 142 valence electrons. The predicted molar refractivity (Wildman–Crippen MR) is 107 cm³/mol. The number of benzene rings is 2. The number of aryl methyl sites for hydroxylation is 1. The number of nitrogens with zero attached hydrogens (tertiary/aromatic N) is 1. The molecule has 6 heteroatoms. The molecule has 0 radical (unpaired) electrons. The van der Waals surface area contributed by atoms with Gasteiger partial charge < -0.3 is 27.9 Å². The Bertz CT molecular complexity index is 718. The number of hydrogen-bond donors (Lipinski definition) is 2. The van der Waals surface area contributed by atoms with Gasteiger partial charge in [0.1, 0.15) is 0 Å². The lowest BCUT2D eigenvalue weighted by atomic mass is 10.1. The summed E-state index contributed by atoms with van der Waals surface area (Å²) in [7, 11) is 0. The van der Waals surface area contributed by atoms with Crippen LogP contribution >= 0.6 is 11.6 Å². The Balaban J connectivity index is 0.00000338. The quantitative estimate of drug-likeness (QED) is 0.752. The number of hydrogen-bond acceptors (Lipinski definition) is 2. The molecule has 2 aromatic carbocycles. The fourth-order valence-corrected chi connectivity index (χ4v) is 2.97. The number of nitrogens with one attached hydrogen (secondary N) is 2. The van der Waals surface area contributed by atoms with Gasteiger partial charge >= 0.3 is 6.03 Å². The van der Waals surface area contributed by atoms with Gasteiger partial charge in [-0.05, 0) is 68.7 Å². The van der Waals surface area contributed by atoms with Crippen molar-refractivity contribution >= 4 is 29.0 Å². The summed E-state index contributed by atoms with van der Waals surface area (Å²) >= 11 is 5.96. The standard InChI is InChI=1S/C20H26ClN3O.ClH/c1-4-24(5-2)18-9-10-19(15(3)13-18)23-20(25)22-12-11-16-7-6-8-17(21)14-16;/h6-10,13-14H,4-5,11-12H2,1-3H3,(H2,22,23,25);1H/p-1. The van der Waals surface area contributed by atoms with Gasteiger partial charge in [-0.25, -0.2) is 4.79 Å². The van der Waals surface area contributed by atoms with Crippen molar-refractivity contribution in [3.05, 3.63) is 58.6 Å². The lowest BCUT2D eigenvalue weighted by molar-refractivity contribution is -0.00000831. The summed E-state index contributed by atoms with van der Waals surface area (Å²) in [6, 6.07) is 13.6. The molecule has 0 saturated carbocycles. The van der Waals surface area contributed by atoms with Crippen LogP contribution in [0, 0.1) is 6.92 Å². The van der Waals surface area contributed by atoms with Crippen molar-refractivity contribution in [3.63, 3.8) is 0 Å². The SMILES string of the molecule is CCN(CC)c1ccc(NC(=O)NCCc2cccc(Cl)c2)c(C)c1.[Cl-].